The van der Waals surface area contributed by atoms with Crippen molar-refractivity contribution in [3.8, 4) is 17.2 Å². The fourth-order valence-electron chi connectivity index (χ4n) is 1.64. The molecule has 0 spiro atoms. The second kappa shape index (κ2) is 4.32. The highest BCUT2D eigenvalue weighted by molar-refractivity contribution is 7.18. The number of hydrogen-bond acceptors (Lipinski definition) is 6. The summed E-state index contributed by atoms with van der Waals surface area (Å²) in [5.74, 6) is 0.116. The van der Waals surface area contributed by atoms with E-state index in [-0.39, 0.29) is 22.2 Å². The van der Waals surface area contributed by atoms with E-state index < -0.39 is 5.63 Å². The van der Waals surface area contributed by atoms with Gasteiger partial charge in [0.1, 0.15) is 5.75 Å². The van der Waals surface area contributed by atoms with Crippen molar-refractivity contribution in [2.24, 2.45) is 0 Å². The number of phenolic OH excluding ortho intramolecular Hbond substituents is 1. The van der Waals surface area contributed by atoms with Crippen molar-refractivity contribution >= 4 is 33.3 Å². The van der Waals surface area contributed by atoms with E-state index in [1.165, 1.54) is 23.5 Å². The number of rotatable bonds is 1. The SMILES string of the molecule is Cc1nc2c(=O)oc(-c3ccc(O)c(Cl)c3)nc2s1. The van der Waals surface area contributed by atoms with Crippen LogP contribution in [0.2, 0.25) is 5.02 Å². The molecule has 0 aliphatic heterocycles. The Hall–Kier alpha value is -1.92. The Morgan fingerprint density at radius 2 is 2.16 bits per heavy atom. The van der Waals surface area contributed by atoms with Crippen LogP contribution in [0.25, 0.3) is 21.8 Å². The van der Waals surface area contributed by atoms with E-state index in [2.05, 4.69) is 9.97 Å². The molecule has 0 unspecified atom stereocenters. The van der Waals surface area contributed by atoms with Crippen LogP contribution in [0, 0.1) is 6.92 Å². The Kier molecular flexibility index (Phi) is 2.76. The van der Waals surface area contributed by atoms with Crippen LogP contribution in [0.1, 0.15) is 5.01 Å². The van der Waals surface area contributed by atoms with Gasteiger partial charge in [0.2, 0.25) is 5.89 Å². The van der Waals surface area contributed by atoms with E-state index in [1.54, 1.807) is 13.0 Å². The molecule has 0 radical (unpaired) electrons. The van der Waals surface area contributed by atoms with Crippen LogP contribution in [0.3, 0.4) is 0 Å². The average molecular weight is 295 g/mol. The summed E-state index contributed by atoms with van der Waals surface area (Å²) in [7, 11) is 0. The number of hydrogen-bond donors (Lipinski definition) is 1. The number of thiazole rings is 1. The van der Waals surface area contributed by atoms with Crippen molar-refractivity contribution in [2.45, 2.75) is 6.92 Å². The van der Waals surface area contributed by atoms with Gasteiger partial charge < -0.3 is 9.52 Å². The van der Waals surface area contributed by atoms with E-state index in [4.69, 9.17) is 16.0 Å². The number of aromatic nitrogens is 2. The first kappa shape index (κ1) is 12.1. The average Bonchev–Trinajstić information content (AvgIpc) is 2.74. The second-order valence-electron chi connectivity index (χ2n) is 3.86. The molecule has 3 aromatic rings. The maximum absolute atomic E-state index is 11.8. The van der Waals surface area contributed by atoms with E-state index in [1.807, 2.05) is 0 Å². The summed E-state index contributed by atoms with van der Waals surface area (Å²) in [4.78, 5) is 20.6. The first-order valence-corrected chi connectivity index (χ1v) is 6.51. The molecule has 0 amide bonds. The van der Waals surface area contributed by atoms with Crippen LogP contribution in [0.15, 0.2) is 27.4 Å². The Balaban J connectivity index is 2.24. The molecule has 3 rings (SSSR count). The zero-order valence-electron chi connectivity index (χ0n) is 9.68. The van der Waals surface area contributed by atoms with Gasteiger partial charge in [0.15, 0.2) is 10.3 Å². The highest BCUT2D eigenvalue weighted by Gasteiger charge is 2.13. The molecule has 1 N–H and O–H groups in total. The molecular formula is C12H7ClN2O3S. The minimum Gasteiger partial charge on any atom is -0.506 e. The molecular weight excluding hydrogens is 288 g/mol. The molecule has 1 aromatic carbocycles. The summed E-state index contributed by atoms with van der Waals surface area (Å²) in [5, 5.41) is 10.3. The van der Waals surface area contributed by atoms with Gasteiger partial charge in [0, 0.05) is 5.56 Å². The van der Waals surface area contributed by atoms with Gasteiger partial charge in [-0.2, -0.15) is 4.98 Å². The maximum Gasteiger partial charge on any atom is 0.366 e. The minimum atomic E-state index is -0.534. The number of benzene rings is 1. The number of aromatic hydroxyl groups is 1. The van der Waals surface area contributed by atoms with Crippen LogP contribution >= 0.6 is 22.9 Å². The third kappa shape index (κ3) is 2.09. The van der Waals surface area contributed by atoms with Gasteiger partial charge in [-0.25, -0.2) is 9.78 Å². The monoisotopic (exact) mass is 294 g/mol. The Labute approximate surface area is 116 Å². The molecule has 96 valence electrons. The van der Waals surface area contributed by atoms with Crippen molar-refractivity contribution in [3.05, 3.63) is 38.6 Å². The third-order valence-corrected chi connectivity index (χ3v) is 3.66. The van der Waals surface area contributed by atoms with E-state index >= 15 is 0 Å². The van der Waals surface area contributed by atoms with Gasteiger partial charge in [0.25, 0.3) is 0 Å². The lowest BCUT2D eigenvalue weighted by atomic mass is 10.2. The summed E-state index contributed by atoms with van der Waals surface area (Å²) in [6, 6.07) is 4.48. The Morgan fingerprint density at radius 1 is 1.37 bits per heavy atom. The smallest absolute Gasteiger partial charge is 0.366 e. The predicted octanol–water partition coefficient (Wildman–Crippen LogP) is 2.98. The fourth-order valence-corrected chi connectivity index (χ4v) is 2.59. The molecule has 7 heteroatoms. The van der Waals surface area contributed by atoms with Crippen molar-refractivity contribution in [2.75, 3.05) is 0 Å². The number of halogens is 1. The summed E-state index contributed by atoms with van der Waals surface area (Å²) in [5.41, 5.74) is 0.220. The van der Waals surface area contributed by atoms with E-state index in [9.17, 15) is 9.90 Å². The van der Waals surface area contributed by atoms with Crippen LogP contribution in [0.4, 0.5) is 0 Å². The molecule has 19 heavy (non-hydrogen) atoms. The lowest BCUT2D eigenvalue weighted by Crippen LogP contribution is -2.02. The van der Waals surface area contributed by atoms with Crippen molar-refractivity contribution in [1.29, 1.82) is 0 Å². The first-order chi connectivity index (χ1) is 9.04. The summed E-state index contributed by atoms with van der Waals surface area (Å²) in [6.07, 6.45) is 0. The van der Waals surface area contributed by atoms with Gasteiger partial charge >= 0.3 is 5.63 Å². The molecule has 5 nitrogen and oxygen atoms in total. The highest BCUT2D eigenvalue weighted by Crippen LogP contribution is 2.29. The zero-order valence-corrected chi connectivity index (χ0v) is 11.2. The Bertz CT molecular complexity index is 841. The largest absolute Gasteiger partial charge is 0.506 e. The normalized spacial score (nSPS) is 11.1. The van der Waals surface area contributed by atoms with Crippen molar-refractivity contribution in [1.82, 2.24) is 9.97 Å². The molecule has 0 saturated heterocycles. The number of aryl methyl sites for hydroxylation is 1. The zero-order chi connectivity index (χ0) is 13.6. The van der Waals surface area contributed by atoms with Crippen LogP contribution in [-0.4, -0.2) is 15.1 Å². The highest BCUT2D eigenvalue weighted by atomic mass is 35.5. The standard InChI is InChI=1S/C12H7ClN2O3S/c1-5-14-9-11(19-5)15-10(18-12(9)17)6-2-3-8(16)7(13)4-6/h2-4,16H,1H3. The van der Waals surface area contributed by atoms with Gasteiger partial charge in [-0.05, 0) is 25.1 Å². The second-order valence-corrected chi connectivity index (χ2v) is 5.45. The van der Waals surface area contributed by atoms with Crippen molar-refractivity contribution < 1.29 is 9.52 Å². The van der Waals surface area contributed by atoms with Gasteiger partial charge in [-0.3, -0.25) is 0 Å². The minimum absolute atomic E-state index is 0.0394. The lowest BCUT2D eigenvalue weighted by Gasteiger charge is -2.01. The van der Waals surface area contributed by atoms with Crippen molar-refractivity contribution in [3.63, 3.8) is 0 Å². The predicted molar refractivity (Wildman–Crippen MR) is 72.8 cm³/mol. The summed E-state index contributed by atoms with van der Waals surface area (Å²) in [6.45, 7) is 1.79. The third-order valence-electron chi connectivity index (χ3n) is 2.50. The van der Waals surface area contributed by atoms with Crippen LogP contribution < -0.4 is 5.63 Å². The summed E-state index contributed by atoms with van der Waals surface area (Å²) < 4.78 is 5.12. The molecule has 0 atom stereocenters. The molecule has 2 heterocycles. The van der Waals surface area contributed by atoms with Crippen LogP contribution in [0.5, 0.6) is 5.75 Å². The molecule has 0 aliphatic rings. The fraction of sp³-hybridized carbons (Fsp3) is 0.0833. The quantitative estimate of drug-likeness (QED) is 0.746. The van der Waals surface area contributed by atoms with Gasteiger partial charge in [-0.15, -0.1) is 0 Å². The molecule has 0 aliphatic carbocycles. The van der Waals surface area contributed by atoms with Gasteiger partial charge in [-0.1, -0.05) is 22.9 Å². The number of phenols is 1. The van der Waals surface area contributed by atoms with Gasteiger partial charge in [0.05, 0.1) is 10.0 Å². The van der Waals surface area contributed by atoms with E-state index in [0.29, 0.717) is 10.4 Å². The molecule has 0 bridgehead atoms. The summed E-state index contributed by atoms with van der Waals surface area (Å²) >= 11 is 7.14. The topological polar surface area (TPSA) is 76.2 Å². The number of fused-ring (bicyclic) bond motifs is 1. The Morgan fingerprint density at radius 3 is 2.89 bits per heavy atom. The molecule has 0 fully saturated rings. The molecule has 2 aromatic heterocycles. The molecule has 0 saturated carbocycles. The van der Waals surface area contributed by atoms with Crippen LogP contribution in [-0.2, 0) is 0 Å². The van der Waals surface area contributed by atoms with E-state index in [0.717, 1.165) is 5.01 Å². The number of nitrogens with zero attached hydrogens (tertiary/aromatic N) is 2. The first-order valence-electron chi connectivity index (χ1n) is 5.32. The maximum atomic E-state index is 11.8. The lowest BCUT2D eigenvalue weighted by molar-refractivity contribution is 0.475.